The van der Waals surface area contributed by atoms with Crippen molar-refractivity contribution in [3.8, 4) is 0 Å². The molecule has 1 N–H and O–H groups in total. The van der Waals surface area contributed by atoms with E-state index in [1.165, 1.54) is 32.4 Å². The third-order valence-electron chi connectivity index (χ3n) is 3.25. The molecule has 1 fully saturated rings. The second kappa shape index (κ2) is 5.61. The zero-order valence-corrected chi connectivity index (χ0v) is 9.34. The largest absolute Gasteiger partial charge is 0.318 e. The van der Waals surface area contributed by atoms with Gasteiger partial charge in [-0.2, -0.15) is 0 Å². The van der Waals surface area contributed by atoms with Gasteiger partial charge in [-0.3, -0.25) is 4.90 Å². The van der Waals surface area contributed by atoms with Gasteiger partial charge in [0.1, 0.15) is 0 Å². The summed E-state index contributed by atoms with van der Waals surface area (Å²) in [4.78, 5) is 2.65. The van der Waals surface area contributed by atoms with Gasteiger partial charge in [-0.1, -0.05) is 13.8 Å². The lowest BCUT2D eigenvalue weighted by Crippen LogP contribution is -2.45. The minimum atomic E-state index is 0.762. The standard InChI is InChI=1S/C11H24N2/c1-4-11(9-12-3)13-7-5-10(2)6-8-13/h10-12H,4-9H2,1-3H3. The van der Waals surface area contributed by atoms with Crippen LogP contribution in [0.5, 0.6) is 0 Å². The smallest absolute Gasteiger partial charge is 0.0217 e. The first-order valence-corrected chi connectivity index (χ1v) is 5.66. The van der Waals surface area contributed by atoms with Gasteiger partial charge in [0.15, 0.2) is 0 Å². The number of likely N-dealkylation sites (tertiary alicyclic amines) is 1. The van der Waals surface area contributed by atoms with Crippen molar-refractivity contribution < 1.29 is 0 Å². The van der Waals surface area contributed by atoms with Gasteiger partial charge < -0.3 is 5.32 Å². The van der Waals surface area contributed by atoms with E-state index in [-0.39, 0.29) is 0 Å². The summed E-state index contributed by atoms with van der Waals surface area (Å²) in [6.07, 6.45) is 4.05. The Kier molecular flexibility index (Phi) is 4.74. The lowest BCUT2D eigenvalue weighted by Gasteiger charge is -2.36. The minimum absolute atomic E-state index is 0.762. The van der Waals surface area contributed by atoms with E-state index >= 15 is 0 Å². The Bertz CT molecular complexity index is 128. The van der Waals surface area contributed by atoms with Gasteiger partial charge in [-0.25, -0.2) is 0 Å². The molecule has 0 aromatic carbocycles. The normalized spacial score (nSPS) is 23.3. The highest BCUT2D eigenvalue weighted by Gasteiger charge is 2.21. The zero-order chi connectivity index (χ0) is 9.68. The summed E-state index contributed by atoms with van der Waals surface area (Å²) in [5.74, 6) is 0.948. The predicted molar refractivity (Wildman–Crippen MR) is 58.0 cm³/mol. The van der Waals surface area contributed by atoms with Gasteiger partial charge in [0.2, 0.25) is 0 Å². The number of nitrogens with one attached hydrogen (secondary N) is 1. The molecule has 0 aliphatic carbocycles. The summed E-state index contributed by atoms with van der Waals surface area (Å²) in [6, 6.07) is 0.762. The molecule has 1 aliphatic heterocycles. The highest BCUT2D eigenvalue weighted by atomic mass is 15.2. The molecule has 2 nitrogen and oxygen atoms in total. The van der Waals surface area contributed by atoms with Crippen LogP contribution >= 0.6 is 0 Å². The van der Waals surface area contributed by atoms with Crippen molar-refractivity contribution in [2.75, 3.05) is 26.7 Å². The monoisotopic (exact) mass is 184 g/mol. The van der Waals surface area contributed by atoms with Crippen LogP contribution in [-0.2, 0) is 0 Å². The van der Waals surface area contributed by atoms with Crippen molar-refractivity contribution in [2.45, 2.75) is 39.2 Å². The van der Waals surface area contributed by atoms with Crippen LogP contribution in [0, 0.1) is 5.92 Å². The van der Waals surface area contributed by atoms with Crippen LogP contribution in [0.2, 0.25) is 0 Å². The molecule has 0 bridgehead atoms. The van der Waals surface area contributed by atoms with Crippen molar-refractivity contribution in [1.82, 2.24) is 10.2 Å². The van der Waals surface area contributed by atoms with E-state index in [0.717, 1.165) is 18.5 Å². The minimum Gasteiger partial charge on any atom is -0.318 e. The van der Waals surface area contributed by atoms with Crippen molar-refractivity contribution in [2.24, 2.45) is 5.92 Å². The van der Waals surface area contributed by atoms with Gasteiger partial charge >= 0.3 is 0 Å². The molecule has 1 unspecified atom stereocenters. The van der Waals surface area contributed by atoms with E-state index in [1.807, 2.05) is 0 Å². The summed E-state index contributed by atoms with van der Waals surface area (Å²) in [7, 11) is 2.05. The molecule has 0 radical (unpaired) electrons. The summed E-state index contributed by atoms with van der Waals surface area (Å²) in [5.41, 5.74) is 0. The number of hydrogen-bond donors (Lipinski definition) is 1. The fourth-order valence-corrected chi connectivity index (χ4v) is 2.16. The van der Waals surface area contributed by atoms with Crippen molar-refractivity contribution in [3.05, 3.63) is 0 Å². The van der Waals surface area contributed by atoms with Crippen LogP contribution in [0.25, 0.3) is 0 Å². The van der Waals surface area contributed by atoms with Crippen LogP contribution < -0.4 is 5.32 Å². The predicted octanol–water partition coefficient (Wildman–Crippen LogP) is 1.72. The number of likely N-dealkylation sites (N-methyl/N-ethyl adjacent to an activating group) is 1. The Balaban J connectivity index is 2.32. The topological polar surface area (TPSA) is 15.3 Å². The van der Waals surface area contributed by atoms with Crippen LogP contribution in [0.3, 0.4) is 0 Å². The molecule has 1 aliphatic rings. The SMILES string of the molecule is CCC(CNC)N1CCC(C)CC1. The number of rotatable bonds is 4. The maximum atomic E-state index is 3.29. The molecule has 0 spiro atoms. The third-order valence-corrected chi connectivity index (χ3v) is 3.25. The van der Waals surface area contributed by atoms with Gasteiger partial charge in [-0.05, 0) is 45.3 Å². The second-order valence-electron chi connectivity index (χ2n) is 4.34. The third kappa shape index (κ3) is 3.28. The molecule has 0 aromatic rings. The molecule has 0 aromatic heterocycles. The zero-order valence-electron chi connectivity index (χ0n) is 9.34. The Morgan fingerprint density at radius 2 is 2.00 bits per heavy atom. The maximum absolute atomic E-state index is 3.29. The summed E-state index contributed by atoms with van der Waals surface area (Å²) in [5, 5.41) is 3.29. The van der Waals surface area contributed by atoms with Gasteiger partial charge in [0, 0.05) is 12.6 Å². The van der Waals surface area contributed by atoms with Crippen LogP contribution in [0.1, 0.15) is 33.1 Å². The van der Waals surface area contributed by atoms with Crippen molar-refractivity contribution in [1.29, 1.82) is 0 Å². The van der Waals surface area contributed by atoms with Crippen molar-refractivity contribution >= 4 is 0 Å². The van der Waals surface area contributed by atoms with Gasteiger partial charge in [0.05, 0.1) is 0 Å². The first kappa shape index (κ1) is 11.0. The molecule has 1 heterocycles. The van der Waals surface area contributed by atoms with Gasteiger partial charge in [-0.15, -0.1) is 0 Å². The van der Waals surface area contributed by atoms with E-state index in [0.29, 0.717) is 0 Å². The average molecular weight is 184 g/mol. The molecule has 1 rings (SSSR count). The summed E-state index contributed by atoms with van der Waals surface area (Å²) >= 11 is 0. The summed E-state index contributed by atoms with van der Waals surface area (Å²) < 4.78 is 0. The molecule has 0 saturated carbocycles. The number of hydrogen-bond acceptors (Lipinski definition) is 2. The average Bonchev–Trinajstić information content (AvgIpc) is 2.16. The Morgan fingerprint density at radius 1 is 1.38 bits per heavy atom. The Morgan fingerprint density at radius 3 is 2.46 bits per heavy atom. The first-order valence-electron chi connectivity index (χ1n) is 5.66. The van der Waals surface area contributed by atoms with Crippen LogP contribution in [0.15, 0.2) is 0 Å². The lowest BCUT2D eigenvalue weighted by atomic mass is 9.97. The van der Waals surface area contributed by atoms with Crippen molar-refractivity contribution in [3.63, 3.8) is 0 Å². The Labute approximate surface area is 82.7 Å². The highest BCUT2D eigenvalue weighted by Crippen LogP contribution is 2.18. The lowest BCUT2D eigenvalue weighted by molar-refractivity contribution is 0.133. The fraction of sp³-hybridized carbons (Fsp3) is 1.00. The van der Waals surface area contributed by atoms with E-state index in [2.05, 4.69) is 31.1 Å². The molecule has 1 saturated heterocycles. The quantitative estimate of drug-likeness (QED) is 0.715. The maximum Gasteiger partial charge on any atom is 0.0217 e. The van der Waals surface area contributed by atoms with Gasteiger partial charge in [0.25, 0.3) is 0 Å². The van der Waals surface area contributed by atoms with E-state index in [1.54, 1.807) is 0 Å². The highest BCUT2D eigenvalue weighted by molar-refractivity contribution is 4.77. The van der Waals surface area contributed by atoms with E-state index in [9.17, 15) is 0 Å². The molecule has 0 amide bonds. The van der Waals surface area contributed by atoms with E-state index in [4.69, 9.17) is 0 Å². The fourth-order valence-electron chi connectivity index (χ4n) is 2.16. The number of piperidine rings is 1. The Hall–Kier alpha value is -0.0800. The molecule has 2 heteroatoms. The molecule has 78 valence electrons. The van der Waals surface area contributed by atoms with Crippen LogP contribution in [0.4, 0.5) is 0 Å². The summed E-state index contributed by atoms with van der Waals surface area (Å²) in [6.45, 7) is 8.42. The van der Waals surface area contributed by atoms with E-state index < -0.39 is 0 Å². The molecular weight excluding hydrogens is 160 g/mol. The molecule has 1 atom stereocenters. The first-order chi connectivity index (χ1) is 6.27. The molecular formula is C11H24N2. The van der Waals surface area contributed by atoms with Crippen LogP contribution in [-0.4, -0.2) is 37.6 Å². The molecule has 13 heavy (non-hydrogen) atoms. The second-order valence-corrected chi connectivity index (χ2v) is 4.34. The number of nitrogens with zero attached hydrogens (tertiary/aromatic N) is 1.